The van der Waals surface area contributed by atoms with E-state index in [1.54, 1.807) is 12.1 Å². The molecule has 0 radical (unpaired) electrons. The Morgan fingerprint density at radius 1 is 1.16 bits per heavy atom. The zero-order chi connectivity index (χ0) is 31.4. The highest BCUT2D eigenvalue weighted by molar-refractivity contribution is 7.91. The molecule has 0 amide bonds. The smallest absolute Gasteiger partial charge is 0.444 e. The molecule has 4 rings (SSSR count). The number of hydrogen-bond acceptors (Lipinski definition) is 9. The quantitative estimate of drug-likeness (QED) is 0.0964. The summed E-state index contributed by atoms with van der Waals surface area (Å²) in [5.74, 6) is -1.93. The van der Waals surface area contributed by atoms with Gasteiger partial charge in [-0.15, -0.1) is 12.6 Å². The predicted octanol–water partition coefficient (Wildman–Crippen LogP) is 4.22. The van der Waals surface area contributed by atoms with Gasteiger partial charge in [-0.05, 0) is 80.1 Å². The minimum Gasteiger partial charge on any atom is -0.444 e. The zero-order valence-electron chi connectivity index (χ0n) is 23.8. The van der Waals surface area contributed by atoms with E-state index in [0.29, 0.717) is 42.4 Å². The molecule has 2 saturated heterocycles. The fourth-order valence-electron chi connectivity index (χ4n) is 6.25. The number of halogens is 4. The van der Waals surface area contributed by atoms with Gasteiger partial charge in [0.2, 0.25) is 0 Å². The van der Waals surface area contributed by atoms with E-state index in [4.69, 9.17) is 17.3 Å². The second kappa shape index (κ2) is 14.4. The van der Waals surface area contributed by atoms with Crippen LogP contribution in [-0.4, -0.2) is 93.4 Å². The van der Waals surface area contributed by atoms with Gasteiger partial charge in [-0.25, -0.2) is 13.2 Å². The van der Waals surface area contributed by atoms with Crippen LogP contribution in [-0.2, 0) is 19.4 Å². The van der Waals surface area contributed by atoms with Gasteiger partial charge >= 0.3 is 12.1 Å². The maximum absolute atomic E-state index is 13.2. The maximum atomic E-state index is 13.2. The third kappa shape index (κ3) is 9.01. The van der Waals surface area contributed by atoms with Crippen LogP contribution in [0, 0.1) is 5.92 Å². The molecule has 0 saturated carbocycles. The van der Waals surface area contributed by atoms with Gasteiger partial charge < -0.3 is 25.6 Å². The fourth-order valence-corrected chi connectivity index (χ4v) is 7.89. The normalized spacial score (nSPS) is 23.4. The van der Waals surface area contributed by atoms with Crippen LogP contribution in [0.2, 0.25) is 5.02 Å². The van der Waals surface area contributed by atoms with Gasteiger partial charge in [-0.3, -0.25) is 0 Å². The maximum Gasteiger partial charge on any atom is 0.490 e. The average Bonchev–Trinajstić information content (AvgIpc) is 3.19. The van der Waals surface area contributed by atoms with Crippen molar-refractivity contribution in [2.45, 2.75) is 53.8 Å². The average molecular weight is 663 g/mol. The van der Waals surface area contributed by atoms with Gasteiger partial charge in [0.15, 0.2) is 15.3 Å². The van der Waals surface area contributed by atoms with Crippen LogP contribution in [0.25, 0.3) is 0 Å². The molecule has 8 nitrogen and oxygen atoms in total. The Bertz CT molecular complexity index is 1330. The molecule has 2 fully saturated rings. The summed E-state index contributed by atoms with van der Waals surface area (Å²) in [6, 6.07) is 14.8. The second-order valence-electron chi connectivity index (χ2n) is 11.3. The van der Waals surface area contributed by atoms with E-state index >= 15 is 0 Å². The topological polar surface area (TPSA) is 105 Å². The van der Waals surface area contributed by atoms with E-state index in [-0.39, 0.29) is 35.6 Å². The van der Waals surface area contributed by atoms with Gasteiger partial charge in [0.25, 0.3) is 0 Å². The van der Waals surface area contributed by atoms with E-state index in [2.05, 4.69) is 51.7 Å². The molecule has 14 heteroatoms. The van der Waals surface area contributed by atoms with Crippen LogP contribution in [0.3, 0.4) is 0 Å². The number of carbonyl (C=O) groups is 1. The lowest BCUT2D eigenvalue weighted by molar-refractivity contribution is -0.200. The molecule has 2 aliphatic rings. The van der Waals surface area contributed by atoms with Crippen LogP contribution in [0.1, 0.15) is 30.7 Å². The first-order chi connectivity index (χ1) is 20.2. The Morgan fingerprint density at radius 2 is 1.84 bits per heavy atom. The molecule has 43 heavy (non-hydrogen) atoms. The lowest BCUT2D eigenvalue weighted by Gasteiger charge is -2.45. The second-order valence-corrected chi connectivity index (χ2v) is 14.4. The Labute approximate surface area is 261 Å². The van der Waals surface area contributed by atoms with E-state index in [1.807, 2.05) is 12.1 Å². The van der Waals surface area contributed by atoms with Gasteiger partial charge in [0.1, 0.15) is 0 Å². The molecule has 4 unspecified atom stereocenters. The number of sulfone groups is 1. The molecule has 2 aromatic rings. The van der Waals surface area contributed by atoms with E-state index < -0.39 is 27.4 Å². The van der Waals surface area contributed by atoms with Crippen LogP contribution >= 0.6 is 24.2 Å². The molecule has 2 aromatic carbocycles. The molecule has 0 aromatic heterocycles. The summed E-state index contributed by atoms with van der Waals surface area (Å²) in [7, 11) is -1.44. The Balaban J connectivity index is 1.47. The molecular formula is C29H38ClF3N4O4S2. The Hall–Kier alpha value is -2.03. The first kappa shape index (κ1) is 33.9. The Kier molecular flexibility index (Phi) is 11.3. The number of carbonyl (C=O) groups excluding carboxylic acids is 1. The van der Waals surface area contributed by atoms with Crippen molar-refractivity contribution >= 4 is 45.7 Å². The molecule has 5 atom stereocenters. The number of nitrogen functional groups attached to an aromatic ring is 1. The number of nitrogens with one attached hydrogen (secondary N) is 1. The number of rotatable bonds is 13. The summed E-state index contributed by atoms with van der Waals surface area (Å²) in [5.41, 5.74) is 6.12. The minimum absolute atomic E-state index is 0.105. The number of piperidine rings is 1. The summed E-state index contributed by atoms with van der Waals surface area (Å²) in [4.78, 5) is 15.8. The van der Waals surface area contributed by atoms with Gasteiger partial charge in [-0.1, -0.05) is 23.7 Å². The van der Waals surface area contributed by atoms with Crippen molar-refractivity contribution in [3.8, 4) is 0 Å². The van der Waals surface area contributed by atoms with E-state index in [0.717, 1.165) is 19.3 Å². The molecule has 2 aliphatic heterocycles. The number of alkyl halides is 3. The predicted molar refractivity (Wildman–Crippen MR) is 164 cm³/mol. The summed E-state index contributed by atoms with van der Waals surface area (Å²) in [6.07, 6.45) is -1.95. The monoisotopic (exact) mass is 662 g/mol. The summed E-state index contributed by atoms with van der Waals surface area (Å²) < 4.78 is 68.2. The highest BCUT2D eigenvalue weighted by Gasteiger charge is 2.46. The number of benzene rings is 2. The summed E-state index contributed by atoms with van der Waals surface area (Å²) >= 11 is 10.1. The fraction of sp³-hybridized carbons (Fsp3) is 0.552. The summed E-state index contributed by atoms with van der Waals surface area (Å²) in [5, 5.41) is 3.65. The number of nitrogens with zero attached hydrogens (tertiary/aromatic N) is 2. The van der Waals surface area contributed by atoms with Crippen molar-refractivity contribution in [2.75, 3.05) is 51.3 Å². The van der Waals surface area contributed by atoms with Crippen LogP contribution in [0.5, 0.6) is 0 Å². The number of ether oxygens (including phenoxy) is 1. The zero-order valence-corrected chi connectivity index (χ0v) is 26.3. The first-order valence-electron chi connectivity index (χ1n) is 14.2. The van der Waals surface area contributed by atoms with Gasteiger partial charge in [0.05, 0.1) is 10.6 Å². The van der Waals surface area contributed by atoms with Crippen molar-refractivity contribution < 1.29 is 31.1 Å². The van der Waals surface area contributed by atoms with Crippen molar-refractivity contribution in [3.63, 3.8) is 0 Å². The molecule has 0 aliphatic carbocycles. The first-order valence-corrected chi connectivity index (χ1v) is 16.7. The van der Waals surface area contributed by atoms with Crippen molar-refractivity contribution in [3.05, 3.63) is 59.1 Å². The number of anilines is 1. The molecule has 2 heterocycles. The standard InChI is InChI=1S/C29H38ClF3N4O4S2/c1-36-22-8-11-26(36)25(24(16-22)19-2-4-20(30)5-3-19)18-37(13-12-35-17-27(42)41-28(38)29(31,32)33)14-15-43(39,40)23-9-6-21(34)7-10-23/h2-7,9-10,22,24-27,35,42H,8,11-18,34H2,1H3/t22?,24?,25?,26?,27-/m1/s1. The third-order valence-corrected chi connectivity index (χ3v) is 10.8. The van der Waals surface area contributed by atoms with Gasteiger partial charge in [-0.2, -0.15) is 13.2 Å². The van der Waals surface area contributed by atoms with Crippen molar-refractivity contribution in [1.29, 1.82) is 0 Å². The number of fused-ring (bicyclic) bond motifs is 2. The molecule has 238 valence electrons. The highest BCUT2D eigenvalue weighted by Crippen LogP contribution is 2.46. The minimum atomic E-state index is -5.10. The van der Waals surface area contributed by atoms with Crippen molar-refractivity contribution in [2.24, 2.45) is 5.92 Å². The number of hydrogen-bond donors (Lipinski definition) is 3. The van der Waals surface area contributed by atoms with Crippen molar-refractivity contribution in [1.82, 2.24) is 15.1 Å². The van der Waals surface area contributed by atoms with E-state index in [1.165, 1.54) is 17.7 Å². The van der Waals surface area contributed by atoms with Crippen LogP contribution < -0.4 is 11.1 Å². The molecule has 3 N–H and O–H groups in total. The molecule has 2 bridgehead atoms. The molecular weight excluding hydrogens is 625 g/mol. The van der Waals surface area contributed by atoms with Crippen LogP contribution in [0.15, 0.2) is 53.4 Å². The van der Waals surface area contributed by atoms with E-state index in [9.17, 15) is 26.4 Å². The number of nitrogens with two attached hydrogens (primary N) is 1. The third-order valence-electron chi connectivity index (χ3n) is 8.51. The molecule has 0 spiro atoms. The highest BCUT2D eigenvalue weighted by atomic mass is 35.5. The Morgan fingerprint density at radius 3 is 2.49 bits per heavy atom. The largest absolute Gasteiger partial charge is 0.490 e. The SMILES string of the molecule is CN1C2CCC1C(CN(CCNC[C@@H](S)OC(=O)C(F)(F)F)CCS(=O)(=O)c1ccc(N)cc1)C(c1ccc(Cl)cc1)C2. The number of thiol groups is 1. The van der Waals surface area contributed by atoms with Gasteiger partial charge in [0, 0.05) is 55.5 Å². The lowest BCUT2D eigenvalue weighted by Crippen LogP contribution is -2.51. The lowest BCUT2D eigenvalue weighted by atomic mass is 9.76. The van der Waals surface area contributed by atoms with Crippen LogP contribution in [0.4, 0.5) is 18.9 Å². The number of esters is 1. The summed E-state index contributed by atoms with van der Waals surface area (Å²) in [6.45, 7) is 1.53.